The largest absolute Gasteiger partial charge is 0.394 e. The maximum atomic E-state index is 9.68. The van der Waals surface area contributed by atoms with Gasteiger partial charge in [0.1, 0.15) is 0 Å². The summed E-state index contributed by atoms with van der Waals surface area (Å²) < 4.78 is 0. The fraction of sp³-hybridized carbons (Fsp3) is 0.571. The molecule has 17 heavy (non-hydrogen) atoms. The Morgan fingerprint density at radius 2 is 2.06 bits per heavy atom. The van der Waals surface area contributed by atoms with Crippen LogP contribution >= 0.6 is 0 Å². The third kappa shape index (κ3) is 2.99. The quantitative estimate of drug-likeness (QED) is 0.838. The molecule has 0 bridgehead atoms. The van der Waals surface area contributed by atoms with Gasteiger partial charge in [0.05, 0.1) is 12.1 Å². The first-order valence-corrected chi connectivity index (χ1v) is 6.28. The molecule has 1 heterocycles. The number of benzene rings is 1. The predicted octanol–water partition coefficient (Wildman–Crippen LogP) is 1.86. The number of nitrogens with one attached hydrogen (secondary N) is 1. The van der Waals surface area contributed by atoms with Crippen molar-refractivity contribution in [3.63, 3.8) is 0 Å². The number of aryl methyl sites for hydroxylation is 1. The number of aliphatic hydroxyl groups is 1. The number of likely N-dealkylation sites (tertiary alicyclic amines) is 1. The molecule has 2 rings (SSSR count). The summed E-state index contributed by atoms with van der Waals surface area (Å²) in [6.07, 6.45) is 1.99. The second kappa shape index (κ2) is 5.07. The number of piperidine rings is 1. The highest BCUT2D eigenvalue weighted by atomic mass is 16.3. The van der Waals surface area contributed by atoms with Crippen LogP contribution in [0.5, 0.6) is 0 Å². The van der Waals surface area contributed by atoms with Crippen molar-refractivity contribution >= 4 is 5.69 Å². The Morgan fingerprint density at radius 1 is 1.35 bits per heavy atom. The lowest BCUT2D eigenvalue weighted by Crippen LogP contribution is -2.50. The normalized spacial score (nSPS) is 20.2. The molecule has 1 fully saturated rings. The summed E-state index contributed by atoms with van der Waals surface area (Å²) in [5, 5.41) is 13.2. The molecule has 0 saturated carbocycles. The summed E-state index contributed by atoms with van der Waals surface area (Å²) in [5.41, 5.74) is 2.22. The molecule has 1 aliphatic heterocycles. The highest BCUT2D eigenvalue weighted by Crippen LogP contribution is 2.26. The third-order valence-corrected chi connectivity index (χ3v) is 3.67. The van der Waals surface area contributed by atoms with Crippen LogP contribution in [0.2, 0.25) is 0 Å². The second-order valence-corrected chi connectivity index (χ2v) is 5.24. The van der Waals surface area contributed by atoms with Crippen LogP contribution in [-0.4, -0.2) is 42.3 Å². The summed E-state index contributed by atoms with van der Waals surface area (Å²) in [6, 6.07) is 8.35. The van der Waals surface area contributed by atoms with Crippen molar-refractivity contribution in [2.24, 2.45) is 0 Å². The molecule has 0 aliphatic carbocycles. The third-order valence-electron chi connectivity index (χ3n) is 3.67. The lowest BCUT2D eigenvalue weighted by atomic mass is 9.88. The van der Waals surface area contributed by atoms with Crippen LogP contribution in [-0.2, 0) is 0 Å². The number of nitrogens with zero attached hydrogens (tertiary/aromatic N) is 1. The van der Waals surface area contributed by atoms with E-state index in [4.69, 9.17) is 0 Å². The monoisotopic (exact) mass is 234 g/mol. The Hall–Kier alpha value is -1.06. The predicted molar refractivity (Wildman–Crippen MR) is 71.3 cm³/mol. The van der Waals surface area contributed by atoms with E-state index in [2.05, 4.69) is 48.5 Å². The van der Waals surface area contributed by atoms with E-state index in [1.165, 1.54) is 5.56 Å². The smallest absolute Gasteiger partial charge is 0.0662 e. The van der Waals surface area contributed by atoms with Gasteiger partial charge in [-0.25, -0.2) is 0 Å². The summed E-state index contributed by atoms with van der Waals surface area (Å²) >= 11 is 0. The number of anilines is 1. The van der Waals surface area contributed by atoms with Gasteiger partial charge in [-0.3, -0.25) is 0 Å². The lowest BCUT2D eigenvalue weighted by molar-refractivity contribution is 0.133. The van der Waals surface area contributed by atoms with Crippen molar-refractivity contribution in [3.05, 3.63) is 29.8 Å². The first kappa shape index (κ1) is 12.4. The van der Waals surface area contributed by atoms with Gasteiger partial charge in [0.15, 0.2) is 0 Å². The molecule has 0 aromatic heterocycles. The van der Waals surface area contributed by atoms with Crippen molar-refractivity contribution in [1.29, 1.82) is 0 Å². The molecule has 1 aromatic carbocycles. The summed E-state index contributed by atoms with van der Waals surface area (Å²) in [7, 11) is 2.13. The minimum atomic E-state index is -0.139. The van der Waals surface area contributed by atoms with Crippen molar-refractivity contribution in [3.8, 4) is 0 Å². The molecule has 0 unspecified atom stereocenters. The van der Waals surface area contributed by atoms with E-state index in [1.54, 1.807) is 0 Å². The average molecular weight is 234 g/mol. The second-order valence-electron chi connectivity index (χ2n) is 5.24. The SMILES string of the molecule is Cc1cccc(NC2(CO)CCN(C)CC2)c1. The van der Waals surface area contributed by atoms with Crippen molar-refractivity contribution in [2.45, 2.75) is 25.3 Å². The van der Waals surface area contributed by atoms with Crippen LogP contribution in [0.4, 0.5) is 5.69 Å². The van der Waals surface area contributed by atoms with E-state index in [0.29, 0.717) is 0 Å². The molecule has 0 radical (unpaired) electrons. The molecule has 0 atom stereocenters. The van der Waals surface area contributed by atoms with Gasteiger partial charge in [-0.05, 0) is 44.5 Å². The average Bonchev–Trinajstić information content (AvgIpc) is 2.33. The van der Waals surface area contributed by atoms with E-state index in [9.17, 15) is 5.11 Å². The number of hydrogen-bond donors (Lipinski definition) is 2. The first-order chi connectivity index (χ1) is 8.13. The highest BCUT2D eigenvalue weighted by Gasteiger charge is 2.32. The van der Waals surface area contributed by atoms with E-state index in [0.717, 1.165) is 31.6 Å². The van der Waals surface area contributed by atoms with Crippen LogP contribution in [0, 0.1) is 6.92 Å². The molecule has 1 aliphatic rings. The molecule has 2 N–H and O–H groups in total. The maximum absolute atomic E-state index is 9.68. The Morgan fingerprint density at radius 3 is 2.65 bits per heavy atom. The Bertz CT molecular complexity index is 370. The van der Waals surface area contributed by atoms with E-state index >= 15 is 0 Å². The minimum Gasteiger partial charge on any atom is -0.394 e. The van der Waals surface area contributed by atoms with Crippen LogP contribution in [0.1, 0.15) is 18.4 Å². The molecule has 3 heteroatoms. The number of aliphatic hydroxyl groups excluding tert-OH is 1. The fourth-order valence-corrected chi connectivity index (χ4v) is 2.40. The summed E-state index contributed by atoms with van der Waals surface area (Å²) in [6.45, 7) is 4.37. The topological polar surface area (TPSA) is 35.5 Å². The Kier molecular flexibility index (Phi) is 3.69. The van der Waals surface area contributed by atoms with Gasteiger partial charge in [-0.1, -0.05) is 12.1 Å². The maximum Gasteiger partial charge on any atom is 0.0662 e. The van der Waals surface area contributed by atoms with Gasteiger partial charge in [-0.2, -0.15) is 0 Å². The van der Waals surface area contributed by atoms with Crippen molar-refractivity contribution in [2.75, 3.05) is 32.1 Å². The standard InChI is InChI=1S/C14H22N2O/c1-12-4-3-5-13(10-12)15-14(11-17)6-8-16(2)9-7-14/h3-5,10,15,17H,6-9,11H2,1-2H3. The number of hydrogen-bond acceptors (Lipinski definition) is 3. The minimum absolute atomic E-state index is 0.139. The van der Waals surface area contributed by atoms with E-state index in [1.807, 2.05) is 0 Å². The summed E-state index contributed by atoms with van der Waals surface area (Å²) in [5.74, 6) is 0. The van der Waals surface area contributed by atoms with Crippen LogP contribution < -0.4 is 5.32 Å². The first-order valence-electron chi connectivity index (χ1n) is 6.28. The molecule has 94 valence electrons. The van der Waals surface area contributed by atoms with Gasteiger partial charge in [0.25, 0.3) is 0 Å². The molecular weight excluding hydrogens is 212 g/mol. The van der Waals surface area contributed by atoms with Crippen LogP contribution in [0.3, 0.4) is 0 Å². The van der Waals surface area contributed by atoms with Gasteiger partial charge < -0.3 is 15.3 Å². The fourth-order valence-electron chi connectivity index (χ4n) is 2.40. The zero-order chi connectivity index (χ0) is 12.3. The Balaban J connectivity index is 2.09. The van der Waals surface area contributed by atoms with Crippen molar-refractivity contribution < 1.29 is 5.11 Å². The van der Waals surface area contributed by atoms with Crippen LogP contribution in [0.25, 0.3) is 0 Å². The van der Waals surface area contributed by atoms with Gasteiger partial charge >= 0.3 is 0 Å². The van der Waals surface area contributed by atoms with Gasteiger partial charge in [-0.15, -0.1) is 0 Å². The van der Waals surface area contributed by atoms with E-state index in [-0.39, 0.29) is 12.1 Å². The van der Waals surface area contributed by atoms with Gasteiger partial charge in [0.2, 0.25) is 0 Å². The zero-order valence-corrected chi connectivity index (χ0v) is 10.7. The number of rotatable bonds is 3. The van der Waals surface area contributed by atoms with Gasteiger partial charge in [0, 0.05) is 18.8 Å². The van der Waals surface area contributed by atoms with Crippen LogP contribution in [0.15, 0.2) is 24.3 Å². The molecule has 0 spiro atoms. The zero-order valence-electron chi connectivity index (χ0n) is 10.7. The van der Waals surface area contributed by atoms with Crippen molar-refractivity contribution in [1.82, 2.24) is 4.90 Å². The molecule has 1 aromatic rings. The highest BCUT2D eigenvalue weighted by molar-refractivity contribution is 5.48. The Labute approximate surface area is 103 Å². The summed E-state index contributed by atoms with van der Waals surface area (Å²) in [4.78, 5) is 2.31. The molecule has 3 nitrogen and oxygen atoms in total. The van der Waals surface area contributed by atoms with E-state index < -0.39 is 0 Å². The molecule has 0 amide bonds. The lowest BCUT2D eigenvalue weighted by Gasteiger charge is -2.40. The molecular formula is C14H22N2O. The molecule has 1 saturated heterocycles.